The Balaban J connectivity index is 3.82. The van der Waals surface area contributed by atoms with Gasteiger partial charge in [-0.05, 0) is 0 Å². The zero-order valence-electron chi connectivity index (χ0n) is 12.5. The van der Waals surface area contributed by atoms with E-state index in [2.05, 4.69) is 0 Å². The van der Waals surface area contributed by atoms with Crippen LogP contribution in [0.15, 0.2) is 0 Å². The van der Waals surface area contributed by atoms with E-state index in [1.165, 1.54) is 0 Å². The van der Waals surface area contributed by atoms with Gasteiger partial charge in [0.2, 0.25) is 0 Å². The molecule has 160 valence electrons. The lowest BCUT2D eigenvalue weighted by Crippen LogP contribution is -2.69. The molecule has 0 spiro atoms. The molecule has 0 radical (unpaired) electrons. The summed E-state index contributed by atoms with van der Waals surface area (Å²) in [7, 11) is 0. The van der Waals surface area contributed by atoms with E-state index in [1.54, 1.807) is 0 Å². The second kappa shape index (κ2) is 5.82. The summed E-state index contributed by atoms with van der Waals surface area (Å²) >= 11 is 0. The lowest BCUT2D eigenvalue weighted by Gasteiger charge is -2.39. The summed E-state index contributed by atoms with van der Waals surface area (Å²) in [5.41, 5.74) is -0.0156. The van der Waals surface area contributed by atoms with Gasteiger partial charge in [-0.1, -0.05) is 0 Å². The van der Waals surface area contributed by atoms with Gasteiger partial charge in [-0.15, -0.1) is 0 Å². The standard InChI is InChI=1S/C11H5F13N4/c12-6(13,1-2(25)4(27)5(28)3(1)26)7(14,15)8(16,17)9(18,19)10(20,21)11(22,23)24/h25,27-28H,26H2. The summed E-state index contributed by atoms with van der Waals surface area (Å²) in [5.74, 6) is -38.4. The van der Waals surface area contributed by atoms with Crippen molar-refractivity contribution in [2.75, 3.05) is 5.73 Å². The van der Waals surface area contributed by atoms with Crippen molar-refractivity contribution in [3.8, 4) is 0 Å². The molecule has 1 rings (SSSR count). The molecular weight excluding hydrogens is 435 g/mol. The molecule has 0 aliphatic rings. The molecule has 0 fully saturated rings. The lowest BCUT2D eigenvalue weighted by atomic mass is 9.91. The predicted molar refractivity (Wildman–Crippen MR) is 60.5 cm³/mol. The van der Waals surface area contributed by atoms with Gasteiger partial charge in [0.25, 0.3) is 0 Å². The highest BCUT2D eigenvalue weighted by Crippen LogP contribution is 2.61. The van der Waals surface area contributed by atoms with Gasteiger partial charge >= 0.3 is 35.8 Å². The molecular formula is C11H5F13N4. The minimum atomic E-state index is -8.08. The van der Waals surface area contributed by atoms with Crippen molar-refractivity contribution < 1.29 is 57.1 Å². The Bertz CT molecular complexity index is 920. The highest BCUT2D eigenvalue weighted by Gasteiger charge is 2.91. The van der Waals surface area contributed by atoms with Gasteiger partial charge in [-0.3, -0.25) is 16.2 Å². The van der Waals surface area contributed by atoms with E-state index >= 15 is 0 Å². The van der Waals surface area contributed by atoms with Crippen molar-refractivity contribution in [3.63, 3.8) is 0 Å². The average molecular weight is 440 g/mol. The van der Waals surface area contributed by atoms with Crippen LogP contribution in [-0.4, -0.2) is 29.9 Å². The highest BCUT2D eigenvalue weighted by atomic mass is 19.4. The number of nitrogens with one attached hydrogen (secondary N) is 3. The Morgan fingerprint density at radius 2 is 0.857 bits per heavy atom. The molecule has 0 unspecified atom stereocenters. The summed E-state index contributed by atoms with van der Waals surface area (Å²) in [6, 6.07) is 0. The summed E-state index contributed by atoms with van der Waals surface area (Å²) in [6.07, 6.45) is -7.53. The van der Waals surface area contributed by atoms with Crippen LogP contribution in [0.5, 0.6) is 0 Å². The molecule has 0 atom stereocenters. The maximum Gasteiger partial charge on any atom is 0.460 e. The molecule has 1 aromatic carbocycles. The van der Waals surface area contributed by atoms with E-state index in [9.17, 15) is 57.1 Å². The Morgan fingerprint density at radius 1 is 0.500 bits per heavy atom. The molecule has 0 aromatic heterocycles. The van der Waals surface area contributed by atoms with Crippen molar-refractivity contribution in [3.05, 3.63) is 21.6 Å². The van der Waals surface area contributed by atoms with Gasteiger partial charge in [0.05, 0.1) is 16.6 Å². The third kappa shape index (κ3) is 2.57. The number of nitrogens with two attached hydrogens (primary N) is 1. The topological polar surface area (TPSA) is 97.6 Å². The van der Waals surface area contributed by atoms with Crippen LogP contribution >= 0.6 is 0 Å². The van der Waals surface area contributed by atoms with Crippen LogP contribution in [0.25, 0.3) is 0 Å². The van der Waals surface area contributed by atoms with E-state index in [1.807, 2.05) is 0 Å². The van der Waals surface area contributed by atoms with Crippen LogP contribution in [0.2, 0.25) is 0 Å². The Labute approximate surface area is 143 Å². The normalized spacial score (nSPS) is 15.2. The van der Waals surface area contributed by atoms with E-state index in [0.29, 0.717) is 0 Å². The summed E-state index contributed by atoms with van der Waals surface area (Å²) in [4.78, 5) is 0. The van der Waals surface area contributed by atoms with Crippen molar-refractivity contribution in [1.82, 2.24) is 0 Å². The molecule has 0 bridgehead atoms. The molecule has 0 saturated heterocycles. The maximum absolute atomic E-state index is 13.9. The summed E-state index contributed by atoms with van der Waals surface area (Å²) in [5, 5.41) is 15.4. The molecule has 0 aliphatic heterocycles. The van der Waals surface area contributed by atoms with E-state index in [-0.39, 0.29) is 0 Å². The number of anilines is 1. The molecule has 0 heterocycles. The number of hydrogen-bond acceptors (Lipinski definition) is 4. The summed E-state index contributed by atoms with van der Waals surface area (Å²) < 4.78 is 169. The fourth-order valence-electron chi connectivity index (χ4n) is 1.90. The zero-order chi connectivity index (χ0) is 22.9. The fraction of sp³-hybridized carbons (Fsp3) is 0.545. The predicted octanol–water partition coefficient (Wildman–Crippen LogP) is 2.78. The molecule has 17 heteroatoms. The van der Waals surface area contributed by atoms with Crippen LogP contribution in [0.3, 0.4) is 0 Å². The maximum atomic E-state index is 13.9. The first kappa shape index (κ1) is 23.7. The lowest BCUT2D eigenvalue weighted by molar-refractivity contribution is -0.441. The van der Waals surface area contributed by atoms with E-state index in [0.717, 1.165) is 0 Å². The fourth-order valence-corrected chi connectivity index (χ4v) is 1.90. The first-order valence-corrected chi connectivity index (χ1v) is 6.25. The van der Waals surface area contributed by atoms with E-state index in [4.69, 9.17) is 22.0 Å². The third-order valence-corrected chi connectivity index (χ3v) is 3.54. The molecule has 28 heavy (non-hydrogen) atoms. The Kier molecular flexibility index (Phi) is 4.92. The van der Waals surface area contributed by atoms with Gasteiger partial charge < -0.3 is 5.73 Å². The molecule has 4 nitrogen and oxygen atoms in total. The van der Waals surface area contributed by atoms with Gasteiger partial charge in [0.1, 0.15) is 10.7 Å². The molecule has 0 aliphatic carbocycles. The number of alkyl halides is 13. The van der Waals surface area contributed by atoms with Crippen LogP contribution in [0.4, 0.5) is 62.8 Å². The van der Waals surface area contributed by atoms with Crippen LogP contribution in [0.1, 0.15) is 5.56 Å². The van der Waals surface area contributed by atoms with Gasteiger partial charge in [0.15, 0.2) is 0 Å². The number of nitrogen functional groups attached to an aromatic ring is 1. The van der Waals surface area contributed by atoms with Crippen molar-refractivity contribution in [2.24, 2.45) is 0 Å². The van der Waals surface area contributed by atoms with Gasteiger partial charge in [-0.2, -0.15) is 57.1 Å². The van der Waals surface area contributed by atoms with Crippen molar-refractivity contribution in [2.45, 2.75) is 35.8 Å². The number of rotatable bonds is 5. The zero-order valence-corrected chi connectivity index (χ0v) is 12.5. The van der Waals surface area contributed by atoms with E-state index < -0.39 is 63.1 Å². The number of halogens is 13. The second-order valence-electron chi connectivity index (χ2n) is 5.28. The van der Waals surface area contributed by atoms with Crippen LogP contribution in [-0.2, 0) is 5.92 Å². The first-order valence-electron chi connectivity index (χ1n) is 6.25. The first-order chi connectivity index (χ1) is 12.0. The molecule has 0 saturated carbocycles. The largest absolute Gasteiger partial charge is 0.460 e. The Hall–Kier alpha value is -2.36. The minimum Gasteiger partial charge on any atom is -0.396 e. The third-order valence-electron chi connectivity index (χ3n) is 3.54. The monoisotopic (exact) mass is 440 g/mol. The summed E-state index contributed by atoms with van der Waals surface area (Å²) in [6.45, 7) is 0. The SMILES string of the molecule is N=c1c(N)c(C(F)(F)C(F)(F)C(F)(F)C(F)(F)C(F)(F)C(F)(F)F)c(=N)c1=N. The minimum absolute atomic E-state index is 1.59. The van der Waals surface area contributed by atoms with Crippen LogP contribution in [0, 0.1) is 16.2 Å². The quantitative estimate of drug-likeness (QED) is 0.521. The highest BCUT2D eigenvalue weighted by molar-refractivity contribution is 5.50. The smallest absolute Gasteiger partial charge is 0.396 e. The second-order valence-corrected chi connectivity index (χ2v) is 5.28. The molecule has 5 N–H and O–H groups in total. The van der Waals surface area contributed by atoms with Crippen molar-refractivity contribution in [1.29, 1.82) is 16.2 Å². The average Bonchev–Trinajstić information content (AvgIpc) is 2.69. The Morgan fingerprint density at radius 3 is 1.14 bits per heavy atom. The van der Waals surface area contributed by atoms with Gasteiger partial charge in [-0.25, -0.2) is 0 Å². The number of hydrogen-bond donors (Lipinski definition) is 4. The van der Waals surface area contributed by atoms with Gasteiger partial charge in [0, 0.05) is 0 Å². The van der Waals surface area contributed by atoms with Crippen LogP contribution < -0.4 is 21.8 Å². The van der Waals surface area contributed by atoms with Crippen molar-refractivity contribution >= 4 is 5.69 Å². The molecule has 0 amide bonds. The molecule has 1 aromatic rings.